The average molecular weight is 298 g/mol. The minimum atomic E-state index is -0.135. The highest BCUT2D eigenvalue weighted by Gasteiger charge is 2.17. The summed E-state index contributed by atoms with van der Waals surface area (Å²) in [5, 5.41) is 2.90. The Morgan fingerprint density at radius 1 is 1.10 bits per heavy atom. The highest BCUT2D eigenvalue weighted by atomic mass is 32.2. The zero-order valence-corrected chi connectivity index (χ0v) is 12.7. The first-order chi connectivity index (χ1) is 10.2. The third-order valence-corrected chi connectivity index (χ3v) is 4.60. The zero-order chi connectivity index (χ0) is 14.8. The van der Waals surface area contributed by atoms with Crippen LogP contribution in [0.15, 0.2) is 47.4 Å². The Hall–Kier alpha value is -1.78. The highest BCUT2D eigenvalue weighted by molar-refractivity contribution is 7.98. The first-order valence-electron chi connectivity index (χ1n) is 6.99. The number of aryl methyl sites for hydroxylation is 1. The molecule has 21 heavy (non-hydrogen) atoms. The molecular weight excluding hydrogens is 280 g/mol. The molecule has 0 spiro atoms. The molecule has 0 aliphatic carbocycles. The number of hydrogen-bond donors (Lipinski definition) is 2. The summed E-state index contributed by atoms with van der Waals surface area (Å²) >= 11 is 1.72. The number of hydrogen-bond acceptors (Lipinski definition) is 3. The second kappa shape index (κ2) is 5.92. The first-order valence-corrected chi connectivity index (χ1v) is 8.22. The molecule has 0 radical (unpaired) electrons. The molecule has 1 amide bonds. The van der Waals surface area contributed by atoms with E-state index in [4.69, 9.17) is 5.73 Å². The maximum atomic E-state index is 11.4. The number of nitrogens with one attached hydrogen (secondary N) is 1. The van der Waals surface area contributed by atoms with Crippen LogP contribution in [0, 0.1) is 0 Å². The van der Waals surface area contributed by atoms with E-state index in [0.29, 0.717) is 6.42 Å². The van der Waals surface area contributed by atoms with Crippen LogP contribution in [-0.4, -0.2) is 12.2 Å². The van der Waals surface area contributed by atoms with Crippen LogP contribution in [0.25, 0.3) is 0 Å². The average Bonchev–Trinajstić information content (AvgIpc) is 2.53. The Balaban J connectivity index is 1.87. The van der Waals surface area contributed by atoms with E-state index in [2.05, 4.69) is 41.9 Å². The van der Waals surface area contributed by atoms with Crippen molar-refractivity contribution in [3.8, 4) is 0 Å². The van der Waals surface area contributed by atoms with Gasteiger partial charge in [-0.05, 0) is 47.6 Å². The van der Waals surface area contributed by atoms with Crippen molar-refractivity contribution in [2.24, 2.45) is 5.73 Å². The molecule has 3 rings (SSSR count). The Kier molecular flexibility index (Phi) is 3.99. The molecule has 0 fully saturated rings. The van der Waals surface area contributed by atoms with Crippen molar-refractivity contribution in [1.82, 2.24) is 0 Å². The van der Waals surface area contributed by atoms with Crippen molar-refractivity contribution in [2.75, 3.05) is 11.6 Å². The summed E-state index contributed by atoms with van der Waals surface area (Å²) in [7, 11) is 0. The van der Waals surface area contributed by atoms with Gasteiger partial charge >= 0.3 is 0 Å². The van der Waals surface area contributed by atoms with Crippen molar-refractivity contribution in [3.63, 3.8) is 0 Å². The SMILES string of the molecule is CSc1ccc(C(N)c2ccc3c(c2)CCC(=O)N3)cc1. The lowest BCUT2D eigenvalue weighted by molar-refractivity contribution is -0.116. The van der Waals surface area contributed by atoms with Crippen molar-refractivity contribution in [1.29, 1.82) is 0 Å². The van der Waals surface area contributed by atoms with Gasteiger partial charge in [-0.25, -0.2) is 0 Å². The fourth-order valence-corrected chi connectivity index (χ4v) is 3.01. The first kappa shape index (κ1) is 14.2. The van der Waals surface area contributed by atoms with Crippen molar-refractivity contribution in [2.45, 2.75) is 23.8 Å². The Morgan fingerprint density at radius 2 is 1.81 bits per heavy atom. The van der Waals surface area contributed by atoms with Gasteiger partial charge in [0.25, 0.3) is 0 Å². The summed E-state index contributed by atoms with van der Waals surface area (Å²) in [5.41, 5.74) is 10.6. The van der Waals surface area contributed by atoms with Crippen LogP contribution in [-0.2, 0) is 11.2 Å². The van der Waals surface area contributed by atoms with E-state index in [9.17, 15) is 4.79 Å². The largest absolute Gasteiger partial charge is 0.326 e. The molecule has 2 aromatic rings. The number of benzene rings is 2. The fourth-order valence-electron chi connectivity index (χ4n) is 2.60. The van der Waals surface area contributed by atoms with E-state index < -0.39 is 0 Å². The molecule has 1 atom stereocenters. The second-order valence-corrected chi connectivity index (χ2v) is 6.10. The molecule has 3 N–H and O–H groups in total. The van der Waals surface area contributed by atoms with Gasteiger partial charge in [0, 0.05) is 17.0 Å². The van der Waals surface area contributed by atoms with E-state index in [-0.39, 0.29) is 11.9 Å². The van der Waals surface area contributed by atoms with Gasteiger partial charge in [0.2, 0.25) is 5.91 Å². The van der Waals surface area contributed by atoms with Gasteiger partial charge in [-0.1, -0.05) is 24.3 Å². The fraction of sp³-hybridized carbons (Fsp3) is 0.235. The molecule has 1 aliphatic rings. The molecule has 0 bridgehead atoms. The number of amides is 1. The number of rotatable bonds is 3. The summed E-state index contributed by atoms with van der Waals surface area (Å²) in [4.78, 5) is 12.6. The lowest BCUT2D eigenvalue weighted by Crippen LogP contribution is -2.20. The maximum Gasteiger partial charge on any atom is 0.224 e. The normalized spacial score (nSPS) is 15.2. The number of nitrogens with two attached hydrogens (primary N) is 1. The summed E-state index contributed by atoms with van der Waals surface area (Å²) in [6.45, 7) is 0. The van der Waals surface area contributed by atoms with Crippen molar-refractivity contribution in [3.05, 3.63) is 59.2 Å². The van der Waals surface area contributed by atoms with Gasteiger partial charge in [0.15, 0.2) is 0 Å². The minimum Gasteiger partial charge on any atom is -0.326 e. The van der Waals surface area contributed by atoms with Crippen LogP contribution >= 0.6 is 11.8 Å². The van der Waals surface area contributed by atoms with E-state index in [1.165, 1.54) is 10.5 Å². The number of anilines is 1. The van der Waals surface area contributed by atoms with Crippen LogP contribution in [0.3, 0.4) is 0 Å². The standard InChI is InChI=1S/C17H18N2OS/c1-21-14-6-2-11(3-7-14)17(18)13-4-8-15-12(10-13)5-9-16(20)19-15/h2-4,6-8,10,17H,5,9,18H2,1H3,(H,19,20). The van der Waals surface area contributed by atoms with Crippen LogP contribution in [0.4, 0.5) is 5.69 Å². The van der Waals surface area contributed by atoms with Gasteiger partial charge in [-0.15, -0.1) is 11.8 Å². The molecule has 2 aromatic carbocycles. The van der Waals surface area contributed by atoms with Crippen LogP contribution < -0.4 is 11.1 Å². The van der Waals surface area contributed by atoms with Gasteiger partial charge in [-0.2, -0.15) is 0 Å². The number of thioether (sulfide) groups is 1. The molecule has 1 heterocycles. The summed E-state index contributed by atoms with van der Waals surface area (Å²) in [6, 6.07) is 14.3. The quantitative estimate of drug-likeness (QED) is 0.855. The van der Waals surface area contributed by atoms with Gasteiger partial charge in [0.05, 0.1) is 6.04 Å². The number of carbonyl (C=O) groups is 1. The lowest BCUT2D eigenvalue weighted by atomic mass is 9.94. The summed E-state index contributed by atoms with van der Waals surface area (Å²) in [6.07, 6.45) is 3.40. The molecule has 4 heteroatoms. The minimum absolute atomic E-state index is 0.0900. The third kappa shape index (κ3) is 2.96. The van der Waals surface area contributed by atoms with E-state index >= 15 is 0 Å². The van der Waals surface area contributed by atoms with Gasteiger partial charge in [0.1, 0.15) is 0 Å². The molecule has 1 unspecified atom stereocenters. The molecule has 0 saturated carbocycles. The predicted molar refractivity (Wildman–Crippen MR) is 87.6 cm³/mol. The topological polar surface area (TPSA) is 55.1 Å². The molecule has 3 nitrogen and oxygen atoms in total. The summed E-state index contributed by atoms with van der Waals surface area (Å²) < 4.78 is 0. The zero-order valence-electron chi connectivity index (χ0n) is 11.9. The molecule has 0 saturated heterocycles. The van der Waals surface area contributed by atoms with E-state index in [1.54, 1.807) is 11.8 Å². The van der Waals surface area contributed by atoms with Gasteiger partial charge in [-0.3, -0.25) is 4.79 Å². The smallest absolute Gasteiger partial charge is 0.224 e. The second-order valence-electron chi connectivity index (χ2n) is 5.22. The third-order valence-electron chi connectivity index (χ3n) is 3.86. The van der Waals surface area contributed by atoms with E-state index in [1.807, 2.05) is 12.1 Å². The Labute approximate surface area is 128 Å². The number of fused-ring (bicyclic) bond motifs is 1. The molecule has 0 aromatic heterocycles. The maximum absolute atomic E-state index is 11.4. The van der Waals surface area contributed by atoms with Crippen molar-refractivity contribution < 1.29 is 4.79 Å². The predicted octanol–water partition coefficient (Wildman–Crippen LogP) is 3.34. The van der Waals surface area contributed by atoms with Crippen LogP contribution in [0.1, 0.15) is 29.2 Å². The van der Waals surface area contributed by atoms with Gasteiger partial charge < -0.3 is 11.1 Å². The van der Waals surface area contributed by atoms with Crippen LogP contribution in [0.5, 0.6) is 0 Å². The molecule has 108 valence electrons. The molecule has 1 aliphatic heterocycles. The Morgan fingerprint density at radius 3 is 2.52 bits per heavy atom. The van der Waals surface area contributed by atoms with E-state index in [0.717, 1.165) is 23.2 Å². The van der Waals surface area contributed by atoms with Crippen LogP contribution in [0.2, 0.25) is 0 Å². The Bertz CT molecular complexity index is 667. The monoisotopic (exact) mass is 298 g/mol. The lowest BCUT2D eigenvalue weighted by Gasteiger charge is -2.20. The number of carbonyl (C=O) groups excluding carboxylic acids is 1. The molecular formula is C17H18N2OS. The summed E-state index contributed by atoms with van der Waals surface area (Å²) in [5.74, 6) is 0.0900. The van der Waals surface area contributed by atoms with Crippen molar-refractivity contribution >= 4 is 23.4 Å². The highest BCUT2D eigenvalue weighted by Crippen LogP contribution is 2.28.